The fraction of sp³-hybridized carbons (Fsp3) is 0.314. The highest BCUT2D eigenvalue weighted by molar-refractivity contribution is 9.10. The molecule has 0 aliphatic heterocycles. The summed E-state index contributed by atoms with van der Waals surface area (Å²) in [5, 5.41) is 22.2. The van der Waals surface area contributed by atoms with Crippen molar-refractivity contribution in [1.82, 2.24) is 4.90 Å². The third-order valence-electron chi connectivity index (χ3n) is 7.32. The van der Waals surface area contributed by atoms with Crippen LogP contribution in [0.1, 0.15) is 48.3 Å². The van der Waals surface area contributed by atoms with Crippen molar-refractivity contribution in [2.75, 3.05) is 26.3 Å². The van der Waals surface area contributed by atoms with E-state index in [0.29, 0.717) is 26.3 Å². The van der Waals surface area contributed by atoms with E-state index in [1.807, 2.05) is 78.9 Å². The Morgan fingerprint density at radius 2 is 1.29 bits per heavy atom. The molecule has 4 aromatic rings. The van der Waals surface area contributed by atoms with Crippen LogP contribution < -0.4 is 9.47 Å². The van der Waals surface area contributed by atoms with Gasteiger partial charge in [-0.15, -0.1) is 0 Å². The zero-order chi connectivity index (χ0) is 29.9. The lowest BCUT2D eigenvalue weighted by Gasteiger charge is -2.33. The number of aryl methyl sites for hydroxylation is 1. The van der Waals surface area contributed by atoms with Crippen molar-refractivity contribution >= 4 is 31.9 Å². The van der Waals surface area contributed by atoms with E-state index < -0.39 is 12.2 Å². The molecule has 4 aromatic carbocycles. The molecule has 0 saturated carbocycles. The summed E-state index contributed by atoms with van der Waals surface area (Å²) >= 11 is 7.01. The molecule has 0 aliphatic rings. The molecule has 0 fully saturated rings. The summed E-state index contributed by atoms with van der Waals surface area (Å²) in [5.41, 5.74) is 4.02. The van der Waals surface area contributed by atoms with Crippen LogP contribution in [0.25, 0.3) is 0 Å². The molecule has 5 nitrogen and oxygen atoms in total. The smallest absolute Gasteiger partial charge is 0.122 e. The Bertz CT molecular complexity index is 1340. The van der Waals surface area contributed by atoms with Crippen molar-refractivity contribution < 1.29 is 19.7 Å². The average Bonchev–Trinajstić information content (AvgIpc) is 2.99. The van der Waals surface area contributed by atoms with Gasteiger partial charge in [0.25, 0.3) is 0 Å². The lowest BCUT2D eigenvalue weighted by Crippen LogP contribution is -2.40. The predicted molar refractivity (Wildman–Crippen MR) is 176 cm³/mol. The summed E-state index contributed by atoms with van der Waals surface area (Å²) in [6.45, 7) is 5.98. The van der Waals surface area contributed by atoms with Crippen LogP contribution in [-0.4, -0.2) is 47.5 Å². The van der Waals surface area contributed by atoms with Gasteiger partial charge in [-0.2, -0.15) is 0 Å². The first-order chi connectivity index (χ1) is 20.3. The molecule has 0 radical (unpaired) electrons. The minimum absolute atomic E-state index is 0.0624. The minimum atomic E-state index is -0.693. The molecule has 0 aromatic heterocycles. The van der Waals surface area contributed by atoms with Gasteiger partial charge in [0, 0.05) is 28.1 Å². The van der Waals surface area contributed by atoms with Crippen molar-refractivity contribution in [2.45, 2.75) is 44.9 Å². The summed E-state index contributed by atoms with van der Waals surface area (Å²) in [7, 11) is 0. The van der Waals surface area contributed by atoms with Crippen LogP contribution in [-0.2, 0) is 12.8 Å². The molecular weight excluding hydrogens is 658 g/mol. The number of nitrogens with zero attached hydrogens (tertiary/aromatic N) is 1. The van der Waals surface area contributed by atoms with Crippen LogP contribution in [0.15, 0.2) is 106 Å². The summed E-state index contributed by atoms with van der Waals surface area (Å²) in [6.07, 6.45) is 0.303. The van der Waals surface area contributed by atoms with Crippen LogP contribution in [0.3, 0.4) is 0 Å². The normalized spacial score (nSPS) is 13.5. The van der Waals surface area contributed by atoms with Gasteiger partial charge in [-0.1, -0.05) is 93.4 Å². The Hall–Kier alpha value is -2.68. The van der Waals surface area contributed by atoms with E-state index in [1.165, 1.54) is 5.56 Å². The topological polar surface area (TPSA) is 62.2 Å². The molecule has 222 valence electrons. The molecule has 2 N–H and O–H groups in total. The molecular formula is C35H39Br2NO4. The first-order valence-corrected chi connectivity index (χ1v) is 15.9. The van der Waals surface area contributed by atoms with E-state index >= 15 is 0 Å². The number of ether oxygens (including phenoxy) is 2. The molecule has 0 unspecified atom stereocenters. The maximum absolute atomic E-state index is 11.1. The molecule has 3 atom stereocenters. The van der Waals surface area contributed by atoms with E-state index in [4.69, 9.17) is 9.47 Å². The van der Waals surface area contributed by atoms with Gasteiger partial charge in [0.15, 0.2) is 0 Å². The van der Waals surface area contributed by atoms with Gasteiger partial charge >= 0.3 is 0 Å². The van der Waals surface area contributed by atoms with Gasteiger partial charge in [0.05, 0.1) is 12.2 Å². The average molecular weight is 698 g/mol. The van der Waals surface area contributed by atoms with E-state index in [1.54, 1.807) is 0 Å². The second-order valence-electron chi connectivity index (χ2n) is 10.5. The third kappa shape index (κ3) is 9.68. The zero-order valence-corrected chi connectivity index (χ0v) is 27.3. The maximum Gasteiger partial charge on any atom is 0.122 e. The fourth-order valence-electron chi connectivity index (χ4n) is 4.96. The summed E-state index contributed by atoms with van der Waals surface area (Å²) in [6, 6.07) is 31.7. The highest BCUT2D eigenvalue weighted by atomic mass is 79.9. The monoisotopic (exact) mass is 695 g/mol. The maximum atomic E-state index is 11.1. The van der Waals surface area contributed by atoms with Crippen molar-refractivity contribution in [2.24, 2.45) is 0 Å². The SMILES string of the molecule is CCc1ccccc1OCCOc1ccc(C[C@@H](C)N(C[C@@H](O)c2cccc(Br)c2)C[C@H](O)c2cccc(Br)c2)cc1. The molecule has 0 aliphatic carbocycles. The first-order valence-electron chi connectivity index (χ1n) is 14.4. The number of aliphatic hydroxyl groups is 2. The number of hydrogen-bond acceptors (Lipinski definition) is 5. The highest BCUT2D eigenvalue weighted by Gasteiger charge is 2.23. The molecule has 42 heavy (non-hydrogen) atoms. The van der Waals surface area contributed by atoms with E-state index in [0.717, 1.165) is 50.0 Å². The van der Waals surface area contributed by atoms with Gasteiger partial charge < -0.3 is 19.7 Å². The quantitative estimate of drug-likeness (QED) is 0.124. The molecule has 0 saturated heterocycles. The number of para-hydroxylation sites is 1. The van der Waals surface area contributed by atoms with Crippen molar-refractivity contribution in [3.8, 4) is 11.5 Å². The second-order valence-corrected chi connectivity index (χ2v) is 12.3. The van der Waals surface area contributed by atoms with Gasteiger partial charge in [0.2, 0.25) is 0 Å². The highest BCUT2D eigenvalue weighted by Crippen LogP contribution is 2.25. The van der Waals surface area contributed by atoms with Crippen LogP contribution in [0.5, 0.6) is 11.5 Å². The van der Waals surface area contributed by atoms with Crippen LogP contribution in [0.2, 0.25) is 0 Å². The Kier molecular flexibility index (Phi) is 12.5. The number of aliphatic hydroxyl groups excluding tert-OH is 2. The lowest BCUT2D eigenvalue weighted by molar-refractivity contribution is 0.0480. The van der Waals surface area contributed by atoms with Gasteiger partial charge in [-0.05, 0) is 84.5 Å². The number of rotatable bonds is 15. The Balaban J connectivity index is 1.37. The molecule has 0 spiro atoms. The predicted octanol–water partition coefficient (Wildman–Crippen LogP) is 7.93. The summed E-state index contributed by atoms with van der Waals surface area (Å²) in [4.78, 5) is 2.16. The Labute approximate surface area is 266 Å². The number of hydrogen-bond donors (Lipinski definition) is 2. The van der Waals surface area contributed by atoms with Crippen molar-refractivity contribution in [3.63, 3.8) is 0 Å². The van der Waals surface area contributed by atoms with Crippen molar-refractivity contribution in [3.05, 3.63) is 128 Å². The molecule has 7 heteroatoms. The van der Waals surface area contributed by atoms with Crippen molar-refractivity contribution in [1.29, 1.82) is 0 Å². The minimum Gasteiger partial charge on any atom is -0.490 e. The summed E-state index contributed by atoms with van der Waals surface area (Å²) in [5.74, 6) is 1.71. The number of halogens is 2. The van der Waals surface area contributed by atoms with Crippen LogP contribution >= 0.6 is 31.9 Å². The Morgan fingerprint density at radius 3 is 1.86 bits per heavy atom. The van der Waals surface area contributed by atoms with Crippen LogP contribution in [0, 0.1) is 0 Å². The van der Waals surface area contributed by atoms with E-state index in [9.17, 15) is 10.2 Å². The largest absolute Gasteiger partial charge is 0.490 e. The molecule has 0 bridgehead atoms. The second kappa shape index (κ2) is 16.2. The third-order valence-corrected chi connectivity index (χ3v) is 8.31. The van der Waals surface area contributed by atoms with Gasteiger partial charge in [-0.3, -0.25) is 4.90 Å². The lowest BCUT2D eigenvalue weighted by atomic mass is 10.0. The van der Waals surface area contributed by atoms with Crippen LogP contribution in [0.4, 0.5) is 0 Å². The molecule has 0 heterocycles. The Morgan fingerprint density at radius 1 is 0.714 bits per heavy atom. The van der Waals surface area contributed by atoms with E-state index in [-0.39, 0.29) is 6.04 Å². The number of benzene rings is 4. The van der Waals surface area contributed by atoms with E-state index in [2.05, 4.69) is 68.8 Å². The standard InChI is InChI=1S/C35H39Br2NO4/c1-3-27-8-4-5-13-35(27)42-19-18-41-32-16-14-26(15-17-32)20-25(2)38(23-33(39)28-9-6-11-30(36)21-28)24-34(40)29-10-7-12-31(37)22-29/h4-17,21-22,25,33-34,39-40H,3,18-20,23-24H2,1-2H3/t25-,33-,34+/m1/s1. The van der Waals surface area contributed by atoms with Gasteiger partial charge in [0.1, 0.15) is 24.7 Å². The molecule has 4 rings (SSSR count). The zero-order valence-electron chi connectivity index (χ0n) is 24.1. The van der Waals surface area contributed by atoms with Gasteiger partial charge in [-0.25, -0.2) is 0 Å². The summed E-state index contributed by atoms with van der Waals surface area (Å²) < 4.78 is 13.7. The fourth-order valence-corrected chi connectivity index (χ4v) is 5.79. The molecule has 0 amide bonds. The first kappa shape index (κ1) is 32.2.